The minimum absolute atomic E-state index is 0.0221. The van der Waals surface area contributed by atoms with Crippen LogP contribution < -0.4 is 10.2 Å². The fourth-order valence-corrected chi connectivity index (χ4v) is 5.63. The first-order valence-electron chi connectivity index (χ1n) is 10.0. The molecule has 0 spiro atoms. The SMILES string of the molecule is CN1CCN(c2csc3cnc(C(=O)NC4CN5CCC4CC5)cc23)CC1. The second kappa shape index (κ2) is 7.04. The number of amides is 1. The number of carbonyl (C=O) groups is 1. The zero-order chi connectivity index (χ0) is 18.4. The highest BCUT2D eigenvalue weighted by atomic mass is 32.1. The van der Waals surface area contributed by atoms with Crippen molar-refractivity contribution in [2.75, 3.05) is 57.8 Å². The first-order valence-corrected chi connectivity index (χ1v) is 10.9. The standard InChI is InChI=1S/C20H27N5OS/c1-23-6-8-25(9-7-23)18-13-27-19-11-21-16(10-15(18)19)20(26)22-17-12-24-4-2-14(17)3-5-24/h10-11,13-14,17H,2-9,12H2,1H3,(H,22,26). The second-order valence-electron chi connectivity index (χ2n) is 8.19. The fraction of sp³-hybridized carbons (Fsp3) is 0.600. The Balaban J connectivity index is 1.36. The first-order chi connectivity index (χ1) is 13.2. The van der Waals surface area contributed by atoms with Crippen molar-refractivity contribution in [3.05, 3.63) is 23.3 Å². The van der Waals surface area contributed by atoms with Gasteiger partial charge in [0.15, 0.2) is 0 Å². The number of rotatable bonds is 3. The van der Waals surface area contributed by atoms with Crippen molar-refractivity contribution in [1.29, 1.82) is 0 Å². The summed E-state index contributed by atoms with van der Waals surface area (Å²) in [5.74, 6) is 0.607. The number of likely N-dealkylation sites (N-methyl/N-ethyl adjacent to an activating group) is 1. The number of anilines is 1. The van der Waals surface area contributed by atoms with Crippen LogP contribution in [0.2, 0.25) is 0 Å². The Labute approximate surface area is 164 Å². The summed E-state index contributed by atoms with van der Waals surface area (Å²) in [6.45, 7) is 7.58. The molecule has 6 nitrogen and oxygen atoms in total. The number of piperazine rings is 1. The van der Waals surface area contributed by atoms with E-state index in [0.29, 0.717) is 11.6 Å². The van der Waals surface area contributed by atoms with Crippen molar-refractivity contribution >= 4 is 33.0 Å². The number of hydrogen-bond acceptors (Lipinski definition) is 6. The van der Waals surface area contributed by atoms with Gasteiger partial charge in [-0.2, -0.15) is 0 Å². The third-order valence-corrected chi connectivity index (χ3v) is 7.41. The van der Waals surface area contributed by atoms with Gasteiger partial charge in [0.05, 0.1) is 10.4 Å². The molecule has 2 aromatic heterocycles. The summed E-state index contributed by atoms with van der Waals surface area (Å²) in [5.41, 5.74) is 1.80. The van der Waals surface area contributed by atoms with Crippen LogP contribution in [0.25, 0.3) is 10.1 Å². The van der Waals surface area contributed by atoms with Crippen molar-refractivity contribution in [2.24, 2.45) is 5.92 Å². The monoisotopic (exact) mass is 385 g/mol. The van der Waals surface area contributed by atoms with Crippen molar-refractivity contribution < 1.29 is 4.79 Å². The van der Waals surface area contributed by atoms with Crippen LogP contribution in [0.4, 0.5) is 5.69 Å². The number of hydrogen-bond donors (Lipinski definition) is 1. The summed E-state index contributed by atoms with van der Waals surface area (Å²) >= 11 is 1.72. The first kappa shape index (κ1) is 17.4. The summed E-state index contributed by atoms with van der Waals surface area (Å²) in [6, 6.07) is 2.27. The molecule has 2 aromatic rings. The van der Waals surface area contributed by atoms with E-state index in [4.69, 9.17) is 0 Å². The van der Waals surface area contributed by atoms with Crippen LogP contribution in [-0.4, -0.2) is 79.6 Å². The lowest BCUT2D eigenvalue weighted by Gasteiger charge is -2.44. The maximum absolute atomic E-state index is 12.9. The Bertz CT molecular complexity index is 836. The fourth-order valence-electron chi connectivity index (χ4n) is 4.71. The molecule has 4 aliphatic heterocycles. The Morgan fingerprint density at radius 1 is 1.19 bits per heavy atom. The maximum Gasteiger partial charge on any atom is 0.270 e. The topological polar surface area (TPSA) is 51.7 Å². The molecule has 1 atom stereocenters. The zero-order valence-corrected chi connectivity index (χ0v) is 16.7. The minimum atomic E-state index is -0.0221. The van der Waals surface area contributed by atoms with Crippen LogP contribution in [0.1, 0.15) is 23.3 Å². The molecule has 6 heterocycles. The molecule has 1 amide bonds. The number of piperidine rings is 3. The molecular formula is C20H27N5OS. The highest BCUT2D eigenvalue weighted by Gasteiger charge is 2.35. The van der Waals surface area contributed by atoms with E-state index in [1.807, 2.05) is 12.3 Å². The van der Waals surface area contributed by atoms with Gasteiger partial charge < -0.3 is 20.0 Å². The summed E-state index contributed by atoms with van der Waals surface area (Å²) in [4.78, 5) is 24.6. The van der Waals surface area contributed by atoms with E-state index in [0.717, 1.165) is 37.4 Å². The van der Waals surface area contributed by atoms with Crippen molar-refractivity contribution in [3.63, 3.8) is 0 Å². The van der Waals surface area contributed by atoms with Gasteiger partial charge >= 0.3 is 0 Å². The van der Waals surface area contributed by atoms with Gasteiger partial charge in [0.2, 0.25) is 0 Å². The predicted molar refractivity (Wildman–Crippen MR) is 110 cm³/mol. The van der Waals surface area contributed by atoms with Gasteiger partial charge in [-0.1, -0.05) is 0 Å². The molecule has 7 heteroatoms. The third-order valence-electron chi connectivity index (χ3n) is 6.49. The summed E-state index contributed by atoms with van der Waals surface area (Å²) in [7, 11) is 2.17. The number of carbonyl (C=O) groups excluding carboxylic acids is 1. The smallest absolute Gasteiger partial charge is 0.270 e. The van der Waals surface area contributed by atoms with Gasteiger partial charge in [-0.05, 0) is 45.0 Å². The summed E-state index contributed by atoms with van der Waals surface area (Å²) in [5, 5.41) is 6.65. The minimum Gasteiger partial charge on any atom is -0.368 e. The second-order valence-corrected chi connectivity index (χ2v) is 9.11. The van der Waals surface area contributed by atoms with E-state index >= 15 is 0 Å². The molecular weight excluding hydrogens is 358 g/mol. The van der Waals surface area contributed by atoms with Crippen LogP contribution in [0, 0.1) is 5.92 Å². The van der Waals surface area contributed by atoms with E-state index in [1.165, 1.54) is 37.0 Å². The van der Waals surface area contributed by atoms with E-state index in [-0.39, 0.29) is 11.9 Å². The number of thiophene rings is 1. The van der Waals surface area contributed by atoms with Crippen LogP contribution in [0.3, 0.4) is 0 Å². The van der Waals surface area contributed by atoms with E-state index in [2.05, 4.69) is 37.4 Å². The Kier molecular flexibility index (Phi) is 4.53. The normalized spacial score (nSPS) is 28.6. The highest BCUT2D eigenvalue weighted by molar-refractivity contribution is 7.17. The summed E-state index contributed by atoms with van der Waals surface area (Å²) < 4.78 is 1.16. The Morgan fingerprint density at radius 3 is 2.67 bits per heavy atom. The molecule has 6 rings (SSSR count). The van der Waals surface area contributed by atoms with E-state index in [1.54, 1.807) is 11.3 Å². The molecule has 4 saturated heterocycles. The van der Waals surface area contributed by atoms with Crippen LogP contribution in [0.15, 0.2) is 17.6 Å². The van der Waals surface area contributed by atoms with Crippen LogP contribution >= 0.6 is 11.3 Å². The van der Waals surface area contributed by atoms with Gasteiger partial charge in [-0.25, -0.2) is 4.98 Å². The van der Waals surface area contributed by atoms with Crippen molar-refractivity contribution in [1.82, 2.24) is 20.1 Å². The lowest BCUT2D eigenvalue weighted by Crippen LogP contribution is -2.57. The number of aromatic nitrogens is 1. The molecule has 4 aliphatic rings. The molecule has 1 unspecified atom stereocenters. The number of nitrogens with zero attached hydrogens (tertiary/aromatic N) is 4. The average Bonchev–Trinajstić information content (AvgIpc) is 3.13. The predicted octanol–water partition coefficient (Wildman–Crippen LogP) is 1.87. The maximum atomic E-state index is 12.9. The molecule has 2 bridgehead atoms. The van der Waals surface area contributed by atoms with Gasteiger partial charge in [0.25, 0.3) is 5.91 Å². The van der Waals surface area contributed by atoms with Gasteiger partial charge in [0.1, 0.15) is 5.69 Å². The van der Waals surface area contributed by atoms with Gasteiger partial charge in [0, 0.05) is 55.7 Å². The van der Waals surface area contributed by atoms with E-state index < -0.39 is 0 Å². The quantitative estimate of drug-likeness (QED) is 0.874. The molecule has 0 saturated carbocycles. The van der Waals surface area contributed by atoms with Crippen LogP contribution in [0.5, 0.6) is 0 Å². The van der Waals surface area contributed by atoms with Crippen molar-refractivity contribution in [3.8, 4) is 0 Å². The third kappa shape index (κ3) is 3.32. The largest absolute Gasteiger partial charge is 0.368 e. The van der Waals surface area contributed by atoms with Crippen molar-refractivity contribution in [2.45, 2.75) is 18.9 Å². The van der Waals surface area contributed by atoms with Crippen LogP contribution in [-0.2, 0) is 0 Å². The lowest BCUT2D eigenvalue weighted by molar-refractivity contribution is 0.0618. The molecule has 4 fully saturated rings. The van der Waals surface area contributed by atoms with Gasteiger partial charge in [-0.15, -0.1) is 11.3 Å². The van der Waals surface area contributed by atoms with Gasteiger partial charge in [-0.3, -0.25) is 4.79 Å². The zero-order valence-electron chi connectivity index (χ0n) is 15.9. The van der Waals surface area contributed by atoms with E-state index in [9.17, 15) is 4.79 Å². The number of fused-ring (bicyclic) bond motifs is 4. The average molecular weight is 386 g/mol. The summed E-state index contributed by atoms with van der Waals surface area (Å²) in [6.07, 6.45) is 4.27. The number of pyridine rings is 1. The molecule has 1 N–H and O–H groups in total. The number of nitrogens with one attached hydrogen (secondary N) is 1. The Morgan fingerprint density at radius 2 is 1.96 bits per heavy atom. The molecule has 0 aromatic carbocycles. The molecule has 0 radical (unpaired) electrons. The lowest BCUT2D eigenvalue weighted by atomic mass is 9.84. The highest BCUT2D eigenvalue weighted by Crippen LogP contribution is 2.34. The Hall–Kier alpha value is -1.70. The molecule has 0 aliphatic carbocycles. The molecule has 144 valence electrons. The molecule has 27 heavy (non-hydrogen) atoms.